The first-order chi connectivity index (χ1) is 29.0. The van der Waals surface area contributed by atoms with Gasteiger partial charge in [-0.15, -0.1) is 20.4 Å². The molecule has 59 heavy (non-hydrogen) atoms. The topological polar surface area (TPSA) is 117 Å². The van der Waals surface area contributed by atoms with E-state index in [0.717, 1.165) is 116 Å². The lowest BCUT2D eigenvalue weighted by Gasteiger charge is -2.32. The van der Waals surface area contributed by atoms with Gasteiger partial charge in [-0.3, -0.25) is 18.9 Å². The van der Waals surface area contributed by atoms with E-state index in [1.54, 1.807) is 0 Å². The first-order valence-electron chi connectivity index (χ1n) is 20.7. The van der Waals surface area contributed by atoms with E-state index in [2.05, 4.69) is 75.1 Å². The van der Waals surface area contributed by atoms with Crippen molar-refractivity contribution in [3.8, 4) is 11.4 Å². The minimum absolute atomic E-state index is 0.0415. The van der Waals surface area contributed by atoms with Crippen molar-refractivity contribution in [3.63, 3.8) is 0 Å². The number of halogens is 2. The number of piperidine rings is 2. The Morgan fingerprint density at radius 2 is 1.02 bits per heavy atom. The summed E-state index contributed by atoms with van der Waals surface area (Å²) in [6.07, 6.45) is 8.67. The van der Waals surface area contributed by atoms with Gasteiger partial charge in [-0.2, -0.15) is 0 Å². The van der Waals surface area contributed by atoms with Crippen LogP contribution in [0.2, 0.25) is 10.0 Å². The van der Waals surface area contributed by atoms with Crippen molar-refractivity contribution in [2.75, 3.05) is 36.0 Å². The molecule has 11 rings (SSSR count). The van der Waals surface area contributed by atoms with Crippen LogP contribution in [0, 0.1) is 5.92 Å². The predicted molar refractivity (Wildman–Crippen MR) is 225 cm³/mol. The van der Waals surface area contributed by atoms with Crippen molar-refractivity contribution < 1.29 is 4.79 Å². The third kappa shape index (κ3) is 6.68. The lowest BCUT2D eigenvalue weighted by atomic mass is 9.95. The summed E-state index contributed by atoms with van der Waals surface area (Å²) >= 11 is 13.4. The zero-order valence-corrected chi connectivity index (χ0v) is 34.1. The molecule has 6 aromatic rings. The Labute approximate surface area is 352 Å². The van der Waals surface area contributed by atoms with Crippen LogP contribution in [0.4, 0.5) is 11.6 Å². The number of carbonyl (C=O) groups excluding carboxylic acids is 1. The fourth-order valence-corrected chi connectivity index (χ4v) is 10.6. The number of rotatable bonds is 7. The summed E-state index contributed by atoms with van der Waals surface area (Å²) < 4.78 is 4.55. The van der Waals surface area contributed by atoms with Crippen LogP contribution >= 0.6 is 23.2 Å². The van der Waals surface area contributed by atoms with E-state index in [-0.39, 0.29) is 29.8 Å². The smallest absolute Gasteiger partial charge is 0.151 e. The van der Waals surface area contributed by atoms with Gasteiger partial charge in [0.15, 0.2) is 11.6 Å². The molecule has 5 aliphatic rings. The van der Waals surface area contributed by atoms with Crippen molar-refractivity contribution in [2.45, 2.75) is 75.8 Å². The minimum atomic E-state index is -0.199. The fourth-order valence-electron chi connectivity index (χ4n) is 10.2. The van der Waals surface area contributed by atoms with Gasteiger partial charge in [0, 0.05) is 91.5 Å². The van der Waals surface area contributed by atoms with E-state index in [9.17, 15) is 4.79 Å². The van der Waals surface area contributed by atoms with Gasteiger partial charge >= 0.3 is 0 Å². The quantitative estimate of drug-likeness (QED) is 0.162. The summed E-state index contributed by atoms with van der Waals surface area (Å²) in [4.78, 5) is 31.7. The molecule has 0 N–H and O–H groups in total. The molecule has 3 fully saturated rings. The maximum absolute atomic E-state index is 13.0. The van der Waals surface area contributed by atoms with Crippen molar-refractivity contribution >= 4 is 41.1 Å². The monoisotopic (exact) mass is 826 g/mol. The normalized spacial score (nSPS) is 22.5. The van der Waals surface area contributed by atoms with E-state index >= 15 is 0 Å². The summed E-state index contributed by atoms with van der Waals surface area (Å²) in [7, 11) is 0. The average Bonchev–Trinajstić information content (AvgIpc) is 3.77. The van der Waals surface area contributed by atoms with Gasteiger partial charge in [0.1, 0.15) is 29.6 Å². The largest absolute Gasteiger partial charge is 0.357 e. The molecule has 0 spiro atoms. The molecule has 0 bridgehead atoms. The molecule has 1 saturated carbocycles. The van der Waals surface area contributed by atoms with Gasteiger partial charge in [0.25, 0.3) is 0 Å². The van der Waals surface area contributed by atoms with Gasteiger partial charge in [-0.25, -0.2) is 9.97 Å². The molecular weight excluding hydrogens is 783 g/mol. The number of hydrogen-bond donors (Lipinski definition) is 0. The number of nitrogens with zero attached hydrogens (tertiary/aromatic N) is 12. The summed E-state index contributed by atoms with van der Waals surface area (Å²) in [6.45, 7) is 6.00. The second kappa shape index (κ2) is 15.1. The van der Waals surface area contributed by atoms with Crippen molar-refractivity contribution in [2.24, 2.45) is 5.92 Å². The minimum Gasteiger partial charge on any atom is -0.357 e. The van der Waals surface area contributed by atoms with E-state index in [0.29, 0.717) is 36.2 Å². The molecule has 0 amide bonds. The molecule has 0 radical (unpaired) electrons. The third-order valence-corrected chi connectivity index (χ3v) is 13.6. The van der Waals surface area contributed by atoms with Gasteiger partial charge in [-0.05, 0) is 97.5 Å². The van der Waals surface area contributed by atoms with Gasteiger partial charge < -0.3 is 14.6 Å². The van der Waals surface area contributed by atoms with Crippen LogP contribution in [0.1, 0.15) is 71.9 Å². The number of anilines is 2. The second-order valence-electron chi connectivity index (χ2n) is 16.6. The van der Waals surface area contributed by atoms with Gasteiger partial charge in [0.05, 0.1) is 24.5 Å². The van der Waals surface area contributed by atoms with Crippen molar-refractivity contribution in [3.05, 3.63) is 130 Å². The molecule has 15 heteroatoms. The Bertz CT molecular complexity index is 2330. The number of pyridine rings is 2. The molecule has 2 atom stereocenters. The number of carbonyl (C=O) groups is 1. The molecular formula is C44H44Cl2N12O. The van der Waals surface area contributed by atoms with Gasteiger partial charge in [-0.1, -0.05) is 35.3 Å². The Morgan fingerprint density at radius 1 is 0.559 bits per heavy atom. The maximum atomic E-state index is 13.0. The van der Waals surface area contributed by atoms with E-state index < -0.39 is 0 Å². The standard InChI is InChI=1S/C44H44Cl2N12O/c45-32-7-9-35-30(21-32)23-55(25-39-49-51-43(57(35)39)28-11-17-53(18-12-28)37-5-1-3-15-47-37)41-34(27-59)42(41)56-24-31-22-33(46)8-10-36(31)58-40(26-56)50-52-44(58)29-13-19-54(20-14-29)38-6-2-4-16-48-38/h1-10,15-16,21-22,27-29,34,41-42H,11-14,17-20,23-26H2. The SMILES string of the molecule is O=CC1C(N2Cc3cc(Cl)ccc3-n3c(nnc3C3CCN(c4ccccn4)CC3)C2)C1N1Cc2cc(Cl)ccc2-n2c(nnc2C2CCN(c3ccccn3)CC2)C1. The van der Waals surface area contributed by atoms with Crippen LogP contribution in [-0.4, -0.2) is 93.8 Å². The zero-order chi connectivity index (χ0) is 39.6. The summed E-state index contributed by atoms with van der Waals surface area (Å²) in [5.41, 5.74) is 4.32. The molecule has 4 aliphatic heterocycles. The van der Waals surface area contributed by atoms with Crippen molar-refractivity contribution in [1.29, 1.82) is 0 Å². The Morgan fingerprint density at radius 3 is 1.42 bits per heavy atom. The first-order valence-corrected chi connectivity index (χ1v) is 21.5. The molecule has 2 saturated heterocycles. The number of hydrogen-bond acceptors (Lipinski definition) is 11. The van der Waals surface area contributed by atoms with Crippen LogP contribution < -0.4 is 9.80 Å². The van der Waals surface area contributed by atoms with E-state index in [1.165, 1.54) is 0 Å². The fraction of sp³-hybridized carbons (Fsp3) is 0.386. The number of benzene rings is 2. The highest BCUT2D eigenvalue weighted by atomic mass is 35.5. The highest BCUT2D eigenvalue weighted by molar-refractivity contribution is 6.31. The van der Waals surface area contributed by atoms with E-state index in [1.807, 2.05) is 48.8 Å². The number of aldehydes is 1. The summed E-state index contributed by atoms with van der Waals surface area (Å²) in [5.74, 6) is 6.08. The van der Waals surface area contributed by atoms with Crippen LogP contribution in [0.25, 0.3) is 11.4 Å². The van der Waals surface area contributed by atoms with Crippen molar-refractivity contribution in [1.82, 2.24) is 49.3 Å². The molecule has 2 aromatic carbocycles. The van der Waals surface area contributed by atoms with Crippen LogP contribution in [0.15, 0.2) is 85.2 Å². The van der Waals surface area contributed by atoms with Gasteiger partial charge in [0.2, 0.25) is 0 Å². The van der Waals surface area contributed by atoms with E-state index in [4.69, 9.17) is 43.6 Å². The predicted octanol–water partition coefficient (Wildman–Crippen LogP) is 6.61. The molecule has 2 unspecified atom stereocenters. The zero-order valence-electron chi connectivity index (χ0n) is 32.6. The first kappa shape index (κ1) is 36.8. The third-order valence-electron chi connectivity index (χ3n) is 13.2. The Balaban J connectivity index is 0.873. The molecule has 300 valence electrons. The lowest BCUT2D eigenvalue weighted by Crippen LogP contribution is -2.34. The lowest BCUT2D eigenvalue weighted by molar-refractivity contribution is -0.109. The number of fused-ring (bicyclic) bond motifs is 6. The Kier molecular flexibility index (Phi) is 9.44. The molecule has 4 aromatic heterocycles. The van der Waals surface area contributed by atoms with Crippen LogP contribution in [-0.2, 0) is 31.0 Å². The van der Waals surface area contributed by atoms with Crippen LogP contribution in [0.5, 0.6) is 0 Å². The molecule has 13 nitrogen and oxygen atoms in total. The second-order valence-corrected chi connectivity index (χ2v) is 17.4. The summed E-state index contributed by atoms with van der Waals surface area (Å²) in [5, 5.41) is 20.8. The molecule has 1 aliphatic carbocycles. The highest BCUT2D eigenvalue weighted by Crippen LogP contribution is 2.46. The average molecular weight is 828 g/mol. The van der Waals surface area contributed by atoms with Crippen LogP contribution in [0.3, 0.4) is 0 Å². The molecule has 8 heterocycles. The Hall–Kier alpha value is -5.21. The number of aromatic nitrogens is 8. The maximum Gasteiger partial charge on any atom is 0.151 e. The highest BCUT2D eigenvalue weighted by Gasteiger charge is 2.57. The summed E-state index contributed by atoms with van der Waals surface area (Å²) in [6, 6.07) is 24.3.